The number of nitrogens with one attached hydrogen (secondary N) is 2. The summed E-state index contributed by atoms with van der Waals surface area (Å²) in [7, 11) is 1.58. The van der Waals surface area contributed by atoms with E-state index in [0.29, 0.717) is 22.2 Å². The first kappa shape index (κ1) is 19.7. The first-order valence-electron chi connectivity index (χ1n) is 9.37. The van der Waals surface area contributed by atoms with Crippen LogP contribution >= 0.6 is 11.6 Å². The highest BCUT2D eigenvalue weighted by molar-refractivity contribution is 6.34. The highest BCUT2D eigenvalue weighted by Crippen LogP contribution is 2.34. The minimum Gasteiger partial charge on any atom is -0.373 e. The van der Waals surface area contributed by atoms with E-state index in [4.69, 9.17) is 16.3 Å². The fourth-order valence-corrected chi connectivity index (χ4v) is 4.23. The van der Waals surface area contributed by atoms with Crippen LogP contribution in [0.2, 0.25) is 5.15 Å². The van der Waals surface area contributed by atoms with Crippen LogP contribution < -0.4 is 5.56 Å². The number of ether oxygens (including phenoxy) is 1. The summed E-state index contributed by atoms with van der Waals surface area (Å²) in [5.74, 6) is -2.55. The molecule has 4 heterocycles. The molecule has 1 aromatic carbocycles. The van der Waals surface area contributed by atoms with Crippen molar-refractivity contribution in [3.8, 4) is 0 Å². The van der Waals surface area contributed by atoms with E-state index in [1.807, 2.05) is 0 Å². The third kappa shape index (κ3) is 3.08. The molecule has 10 heteroatoms. The van der Waals surface area contributed by atoms with Crippen LogP contribution in [-0.4, -0.2) is 39.4 Å². The predicted octanol–water partition coefficient (Wildman–Crippen LogP) is 3.68. The van der Waals surface area contributed by atoms with Crippen molar-refractivity contribution >= 4 is 39.2 Å². The topological polar surface area (TPSA) is 91.1 Å². The number of nitrogens with zero attached hydrogens (tertiary/aromatic N) is 2. The highest BCUT2D eigenvalue weighted by Gasteiger charge is 2.32. The molecule has 0 saturated carbocycles. The molecule has 0 radical (unpaired) electrons. The minimum absolute atomic E-state index is 0.00821. The summed E-state index contributed by atoms with van der Waals surface area (Å²) in [5.41, 5.74) is 1.33. The van der Waals surface area contributed by atoms with Gasteiger partial charge in [0.05, 0.1) is 30.2 Å². The monoisotopic (exact) mass is 444 g/mol. The molecule has 158 valence electrons. The van der Waals surface area contributed by atoms with Gasteiger partial charge in [-0.3, -0.25) is 9.59 Å². The minimum atomic E-state index is -1.12. The molecule has 31 heavy (non-hydrogen) atoms. The molecular weight excluding hydrogens is 430 g/mol. The number of benzene rings is 1. The lowest BCUT2D eigenvalue weighted by Gasteiger charge is -2.33. The maximum Gasteiger partial charge on any atom is 0.270 e. The van der Waals surface area contributed by atoms with E-state index in [1.54, 1.807) is 19.2 Å². The Kier molecular flexibility index (Phi) is 4.53. The van der Waals surface area contributed by atoms with Gasteiger partial charge in [-0.1, -0.05) is 11.6 Å². The zero-order valence-corrected chi connectivity index (χ0v) is 16.9. The van der Waals surface area contributed by atoms with E-state index in [1.165, 1.54) is 11.1 Å². The number of hydrogen-bond donors (Lipinski definition) is 2. The summed E-state index contributed by atoms with van der Waals surface area (Å²) in [5, 5.41) is 1.12. The zero-order chi connectivity index (χ0) is 21.9. The number of halogens is 3. The molecule has 0 saturated heterocycles. The fourth-order valence-electron chi connectivity index (χ4n) is 4.01. The Morgan fingerprint density at radius 1 is 1.19 bits per heavy atom. The SMILES string of the molecule is CN(C(=O)c1cc2c(Cl)nccc2[nH]1)[C@H]1COCc2[nH]c(=O)c3cc(F)c(F)cc3c21. The van der Waals surface area contributed by atoms with Gasteiger partial charge in [-0.25, -0.2) is 13.8 Å². The molecule has 7 nitrogen and oxygen atoms in total. The summed E-state index contributed by atoms with van der Waals surface area (Å²) in [6, 6.07) is 4.52. The predicted molar refractivity (Wildman–Crippen MR) is 110 cm³/mol. The molecule has 1 aliphatic rings. The van der Waals surface area contributed by atoms with Crippen molar-refractivity contribution in [2.45, 2.75) is 12.6 Å². The average molecular weight is 445 g/mol. The first-order valence-corrected chi connectivity index (χ1v) is 9.75. The average Bonchev–Trinajstić information content (AvgIpc) is 3.19. The lowest BCUT2D eigenvalue weighted by Crippen LogP contribution is -2.37. The maximum atomic E-state index is 14.0. The van der Waals surface area contributed by atoms with Gasteiger partial charge in [0.25, 0.3) is 11.5 Å². The summed E-state index contributed by atoms with van der Waals surface area (Å²) in [6.45, 7) is 0.212. The van der Waals surface area contributed by atoms with Crippen molar-refractivity contribution < 1.29 is 18.3 Å². The van der Waals surface area contributed by atoms with Gasteiger partial charge in [0.1, 0.15) is 10.8 Å². The highest BCUT2D eigenvalue weighted by atomic mass is 35.5. The summed E-state index contributed by atoms with van der Waals surface area (Å²) in [6.07, 6.45) is 1.53. The molecule has 0 spiro atoms. The van der Waals surface area contributed by atoms with Gasteiger partial charge in [0, 0.05) is 29.9 Å². The zero-order valence-electron chi connectivity index (χ0n) is 16.1. The lowest BCUT2D eigenvalue weighted by atomic mass is 9.95. The summed E-state index contributed by atoms with van der Waals surface area (Å²) in [4.78, 5) is 36.7. The van der Waals surface area contributed by atoms with Crippen LogP contribution in [0.1, 0.15) is 27.8 Å². The van der Waals surface area contributed by atoms with Gasteiger partial charge >= 0.3 is 0 Å². The number of pyridine rings is 2. The second-order valence-electron chi connectivity index (χ2n) is 7.35. The Labute approximate surface area is 178 Å². The van der Waals surface area contributed by atoms with Gasteiger partial charge in [-0.05, 0) is 29.7 Å². The number of aromatic nitrogens is 3. The molecule has 0 aliphatic carbocycles. The Bertz CT molecular complexity index is 1430. The quantitative estimate of drug-likeness (QED) is 0.461. The Morgan fingerprint density at radius 2 is 1.94 bits per heavy atom. The Balaban J connectivity index is 1.62. The van der Waals surface area contributed by atoms with Crippen LogP contribution in [-0.2, 0) is 11.3 Å². The number of amides is 1. The van der Waals surface area contributed by atoms with Crippen LogP contribution in [0, 0.1) is 11.6 Å². The van der Waals surface area contributed by atoms with Gasteiger partial charge < -0.3 is 19.6 Å². The number of fused-ring (bicyclic) bond motifs is 4. The number of hydrogen-bond acceptors (Lipinski definition) is 4. The number of rotatable bonds is 2. The second kappa shape index (κ2) is 7.14. The summed E-state index contributed by atoms with van der Waals surface area (Å²) >= 11 is 6.10. The smallest absolute Gasteiger partial charge is 0.270 e. The third-order valence-corrected chi connectivity index (χ3v) is 5.86. The Morgan fingerprint density at radius 3 is 2.68 bits per heavy atom. The van der Waals surface area contributed by atoms with Gasteiger partial charge in [0.15, 0.2) is 11.6 Å². The number of aromatic amines is 2. The van der Waals surface area contributed by atoms with Crippen molar-refractivity contribution in [2.24, 2.45) is 0 Å². The molecule has 2 N–H and O–H groups in total. The number of likely N-dealkylation sites (N-methyl/N-ethyl adjacent to an activating group) is 1. The molecule has 1 amide bonds. The molecule has 5 rings (SSSR count). The molecule has 1 aliphatic heterocycles. The number of carbonyl (C=O) groups is 1. The Hall–Kier alpha value is -3.30. The summed E-state index contributed by atoms with van der Waals surface area (Å²) < 4.78 is 33.4. The van der Waals surface area contributed by atoms with E-state index in [2.05, 4.69) is 15.0 Å². The molecule has 0 fully saturated rings. The van der Waals surface area contributed by atoms with E-state index in [9.17, 15) is 18.4 Å². The van der Waals surface area contributed by atoms with E-state index < -0.39 is 23.2 Å². The fraction of sp³-hybridized carbons (Fsp3) is 0.190. The number of H-pyrrole nitrogens is 2. The van der Waals surface area contributed by atoms with E-state index in [0.717, 1.165) is 12.1 Å². The van der Waals surface area contributed by atoms with E-state index in [-0.39, 0.29) is 40.7 Å². The van der Waals surface area contributed by atoms with E-state index >= 15 is 0 Å². The normalized spacial score (nSPS) is 15.9. The van der Waals surface area contributed by atoms with Crippen molar-refractivity contribution in [3.05, 3.63) is 74.6 Å². The van der Waals surface area contributed by atoms with Crippen LogP contribution in [0.4, 0.5) is 8.78 Å². The van der Waals surface area contributed by atoms with Crippen molar-refractivity contribution in [1.82, 2.24) is 19.9 Å². The van der Waals surface area contributed by atoms with Crippen molar-refractivity contribution in [1.29, 1.82) is 0 Å². The van der Waals surface area contributed by atoms with Gasteiger partial charge in [0.2, 0.25) is 0 Å². The first-order chi connectivity index (χ1) is 14.8. The van der Waals surface area contributed by atoms with Crippen LogP contribution in [0.5, 0.6) is 0 Å². The standard InChI is InChI=1S/C21H15ClF2N4O3/c1-28(21(30)15-6-11-14(26-15)2-3-25-19(11)22)17-8-31-7-16-18(17)9-4-12(23)13(24)5-10(9)20(29)27-16/h2-6,17,26H,7-8H2,1H3,(H,27,29)/t17-/m0/s1. The van der Waals surface area contributed by atoms with Crippen LogP contribution in [0.3, 0.4) is 0 Å². The van der Waals surface area contributed by atoms with Crippen molar-refractivity contribution in [3.63, 3.8) is 0 Å². The third-order valence-electron chi connectivity index (χ3n) is 5.56. The lowest BCUT2D eigenvalue weighted by molar-refractivity contribution is 0.0333. The molecule has 1 atom stereocenters. The molecule has 0 bridgehead atoms. The van der Waals surface area contributed by atoms with Crippen LogP contribution in [0.25, 0.3) is 21.7 Å². The largest absolute Gasteiger partial charge is 0.373 e. The maximum absolute atomic E-state index is 14.0. The van der Waals surface area contributed by atoms with Gasteiger partial charge in [-0.2, -0.15) is 0 Å². The van der Waals surface area contributed by atoms with Gasteiger partial charge in [-0.15, -0.1) is 0 Å². The molecule has 4 aromatic rings. The molecular formula is C21H15ClF2N4O3. The number of carbonyl (C=O) groups excluding carboxylic acids is 1. The van der Waals surface area contributed by atoms with Crippen LogP contribution in [0.15, 0.2) is 35.3 Å². The molecule has 3 aromatic heterocycles. The second-order valence-corrected chi connectivity index (χ2v) is 7.71. The van der Waals surface area contributed by atoms with Crippen molar-refractivity contribution in [2.75, 3.05) is 13.7 Å². The molecule has 0 unspecified atom stereocenters.